The molecule has 0 radical (unpaired) electrons. The van der Waals surface area contributed by atoms with Gasteiger partial charge >= 0.3 is 5.69 Å². The van der Waals surface area contributed by atoms with Crippen LogP contribution in [0.25, 0.3) is 21.4 Å². The molecule has 0 atom stereocenters. The summed E-state index contributed by atoms with van der Waals surface area (Å²) in [6, 6.07) is 3.29. The number of halogens is 2. The van der Waals surface area contributed by atoms with Crippen LogP contribution in [0.5, 0.6) is 0 Å². The largest absolute Gasteiger partial charge is 0.332 e. The van der Waals surface area contributed by atoms with Crippen LogP contribution >= 0.6 is 34.5 Å². The number of amides is 1. The number of fused-ring (bicyclic) bond motifs is 2. The number of imidazole rings is 1. The average molecular weight is 439 g/mol. The van der Waals surface area contributed by atoms with Crippen molar-refractivity contribution in [1.29, 1.82) is 0 Å². The lowest BCUT2D eigenvalue weighted by molar-refractivity contribution is -0.116. The van der Waals surface area contributed by atoms with Gasteiger partial charge in [0.05, 0.1) is 21.1 Å². The number of carbonyl (C=O) groups excluding carboxylic acids is 1. The molecule has 3 aromatic heterocycles. The van der Waals surface area contributed by atoms with E-state index in [-0.39, 0.29) is 17.7 Å². The van der Waals surface area contributed by atoms with Gasteiger partial charge in [0.15, 0.2) is 16.3 Å². The maximum atomic E-state index is 12.5. The second kappa shape index (κ2) is 6.73. The Labute approximate surface area is 170 Å². The van der Waals surface area contributed by atoms with Gasteiger partial charge in [0.2, 0.25) is 5.91 Å². The molecule has 0 fully saturated rings. The zero-order valence-electron chi connectivity index (χ0n) is 14.6. The number of thiazole rings is 1. The summed E-state index contributed by atoms with van der Waals surface area (Å²) in [5, 5.41) is 3.93. The topological polar surface area (TPSA) is 104 Å². The zero-order valence-corrected chi connectivity index (χ0v) is 16.9. The van der Waals surface area contributed by atoms with E-state index in [9.17, 15) is 14.4 Å². The Bertz CT molecular complexity index is 1340. The van der Waals surface area contributed by atoms with Gasteiger partial charge in [-0.1, -0.05) is 34.5 Å². The molecule has 4 aromatic rings. The van der Waals surface area contributed by atoms with Crippen molar-refractivity contribution in [3.05, 3.63) is 49.3 Å². The van der Waals surface area contributed by atoms with Gasteiger partial charge in [0, 0.05) is 14.1 Å². The normalized spacial score (nSPS) is 11.4. The first-order chi connectivity index (χ1) is 13.3. The average Bonchev–Trinajstić information content (AvgIpc) is 3.26. The molecule has 28 heavy (non-hydrogen) atoms. The van der Waals surface area contributed by atoms with Gasteiger partial charge in [-0.05, 0) is 12.1 Å². The summed E-state index contributed by atoms with van der Waals surface area (Å²) in [4.78, 5) is 45.3. The number of carbonyl (C=O) groups is 1. The molecule has 1 amide bonds. The van der Waals surface area contributed by atoms with E-state index in [1.165, 1.54) is 40.9 Å². The van der Waals surface area contributed by atoms with Gasteiger partial charge in [0.25, 0.3) is 5.56 Å². The van der Waals surface area contributed by atoms with E-state index in [1.807, 2.05) is 0 Å². The van der Waals surface area contributed by atoms with E-state index < -0.39 is 17.2 Å². The summed E-state index contributed by atoms with van der Waals surface area (Å²) < 4.78 is 4.28. The van der Waals surface area contributed by atoms with Gasteiger partial charge in [-0.15, -0.1) is 0 Å². The van der Waals surface area contributed by atoms with Crippen molar-refractivity contribution in [2.75, 3.05) is 5.32 Å². The molecular weight excluding hydrogens is 427 g/mol. The second-order valence-electron chi connectivity index (χ2n) is 6.02. The molecule has 0 aliphatic carbocycles. The molecule has 0 saturated carbocycles. The van der Waals surface area contributed by atoms with Crippen LogP contribution in [-0.4, -0.2) is 29.6 Å². The molecule has 1 N–H and O–H groups in total. The Hall–Kier alpha value is -2.69. The van der Waals surface area contributed by atoms with Gasteiger partial charge in [-0.3, -0.25) is 18.7 Å². The molecule has 0 saturated heterocycles. The molecule has 0 spiro atoms. The Morgan fingerprint density at radius 3 is 2.61 bits per heavy atom. The fraction of sp³-hybridized carbons (Fsp3) is 0.188. The Kier molecular flexibility index (Phi) is 4.48. The van der Waals surface area contributed by atoms with Gasteiger partial charge in [-0.2, -0.15) is 0 Å². The number of hydrogen-bond donors (Lipinski definition) is 1. The van der Waals surface area contributed by atoms with Gasteiger partial charge < -0.3 is 9.88 Å². The standard InChI is InChI=1S/C16H12Cl2N6O3S/c1-22-13-11(14(26)23(2)16(22)27)24(6-19-13)5-9(25)20-15-21-10-7(17)3-4-8(18)12(10)28-15/h3-4,6H,5H2,1-2H3,(H,20,21,25). The van der Waals surface area contributed by atoms with E-state index in [2.05, 4.69) is 15.3 Å². The summed E-state index contributed by atoms with van der Waals surface area (Å²) in [5.74, 6) is -0.415. The number of hydrogen-bond acceptors (Lipinski definition) is 6. The van der Waals surface area contributed by atoms with Crippen LogP contribution in [0.2, 0.25) is 10.0 Å². The minimum absolute atomic E-state index is 0.162. The lowest BCUT2D eigenvalue weighted by Crippen LogP contribution is -2.37. The fourth-order valence-electron chi connectivity index (χ4n) is 2.83. The number of benzene rings is 1. The van der Waals surface area contributed by atoms with Crippen LogP contribution in [0, 0.1) is 0 Å². The molecule has 4 rings (SSSR count). The fourth-order valence-corrected chi connectivity index (χ4v) is 4.27. The number of aryl methyl sites for hydroxylation is 1. The lowest BCUT2D eigenvalue weighted by Gasteiger charge is -2.06. The molecule has 144 valence electrons. The van der Waals surface area contributed by atoms with Crippen molar-refractivity contribution in [2.24, 2.45) is 14.1 Å². The van der Waals surface area contributed by atoms with Crippen molar-refractivity contribution in [3.8, 4) is 0 Å². The molecular formula is C16H12Cl2N6O3S. The highest BCUT2D eigenvalue weighted by molar-refractivity contribution is 7.23. The van der Waals surface area contributed by atoms with Crippen molar-refractivity contribution in [2.45, 2.75) is 6.54 Å². The number of aromatic nitrogens is 5. The highest BCUT2D eigenvalue weighted by Gasteiger charge is 2.17. The lowest BCUT2D eigenvalue weighted by atomic mass is 10.3. The summed E-state index contributed by atoms with van der Waals surface area (Å²) in [5.41, 5.74) is -0.140. The van der Waals surface area contributed by atoms with E-state index in [4.69, 9.17) is 23.2 Å². The quantitative estimate of drug-likeness (QED) is 0.526. The van der Waals surface area contributed by atoms with Crippen molar-refractivity contribution in [1.82, 2.24) is 23.7 Å². The number of nitrogens with one attached hydrogen (secondary N) is 1. The highest BCUT2D eigenvalue weighted by atomic mass is 35.5. The molecule has 0 aliphatic heterocycles. The predicted molar refractivity (Wildman–Crippen MR) is 108 cm³/mol. The van der Waals surface area contributed by atoms with E-state index in [1.54, 1.807) is 12.1 Å². The SMILES string of the molecule is Cn1c(=O)c2c(ncn2CC(=O)Nc2nc3c(Cl)ccc(Cl)c3s2)n(C)c1=O. The maximum absolute atomic E-state index is 12.5. The first kappa shape index (κ1) is 18.7. The van der Waals surface area contributed by atoms with Crippen LogP contribution < -0.4 is 16.6 Å². The van der Waals surface area contributed by atoms with Crippen LogP contribution in [0.1, 0.15) is 0 Å². The predicted octanol–water partition coefficient (Wildman–Crippen LogP) is 1.99. The van der Waals surface area contributed by atoms with Crippen LogP contribution in [0.4, 0.5) is 5.13 Å². The number of nitrogens with zero attached hydrogens (tertiary/aromatic N) is 5. The summed E-state index contributed by atoms with van der Waals surface area (Å²) in [6.07, 6.45) is 1.34. The summed E-state index contributed by atoms with van der Waals surface area (Å²) >= 11 is 13.5. The van der Waals surface area contributed by atoms with E-state index in [0.717, 1.165) is 4.57 Å². The Morgan fingerprint density at radius 2 is 1.89 bits per heavy atom. The van der Waals surface area contributed by atoms with Crippen molar-refractivity contribution >= 4 is 67.0 Å². The third-order valence-electron chi connectivity index (χ3n) is 4.22. The zero-order chi connectivity index (χ0) is 20.2. The highest BCUT2D eigenvalue weighted by Crippen LogP contribution is 2.35. The molecule has 12 heteroatoms. The first-order valence-corrected chi connectivity index (χ1v) is 9.50. The maximum Gasteiger partial charge on any atom is 0.332 e. The van der Waals surface area contributed by atoms with E-state index >= 15 is 0 Å². The van der Waals surface area contributed by atoms with Gasteiger partial charge in [-0.25, -0.2) is 14.8 Å². The molecule has 1 aromatic carbocycles. The third kappa shape index (κ3) is 2.89. The minimum Gasteiger partial charge on any atom is -0.315 e. The monoisotopic (exact) mass is 438 g/mol. The summed E-state index contributed by atoms with van der Waals surface area (Å²) in [6.45, 7) is -0.179. The molecule has 3 heterocycles. The molecule has 9 nitrogen and oxygen atoms in total. The van der Waals surface area contributed by atoms with Crippen LogP contribution in [0.3, 0.4) is 0 Å². The summed E-state index contributed by atoms with van der Waals surface area (Å²) in [7, 11) is 2.88. The van der Waals surface area contributed by atoms with Crippen molar-refractivity contribution in [3.63, 3.8) is 0 Å². The Morgan fingerprint density at radius 1 is 1.18 bits per heavy atom. The number of rotatable bonds is 3. The number of anilines is 1. The minimum atomic E-state index is -0.526. The molecule has 0 unspecified atom stereocenters. The smallest absolute Gasteiger partial charge is 0.315 e. The molecule has 0 aliphatic rings. The molecule has 0 bridgehead atoms. The first-order valence-electron chi connectivity index (χ1n) is 7.93. The second-order valence-corrected chi connectivity index (χ2v) is 7.84. The Balaban J connectivity index is 1.67. The third-order valence-corrected chi connectivity index (χ3v) is 5.96. The van der Waals surface area contributed by atoms with Crippen molar-refractivity contribution < 1.29 is 4.79 Å². The van der Waals surface area contributed by atoms with E-state index in [0.29, 0.717) is 25.4 Å². The van der Waals surface area contributed by atoms with Crippen LogP contribution in [-0.2, 0) is 25.4 Å². The van der Waals surface area contributed by atoms with Gasteiger partial charge in [0.1, 0.15) is 12.1 Å². The van der Waals surface area contributed by atoms with Crippen LogP contribution in [0.15, 0.2) is 28.0 Å².